The molecule has 2 aromatic carbocycles. The summed E-state index contributed by atoms with van der Waals surface area (Å²) in [6, 6.07) is 10.3. The number of anilines is 1. The topological polar surface area (TPSA) is 58.6 Å². The Bertz CT molecular complexity index is 656. The quantitative estimate of drug-likeness (QED) is 0.898. The number of ether oxygens (including phenoxy) is 1. The molecule has 2 aromatic rings. The fourth-order valence-electron chi connectivity index (χ4n) is 1.80. The molecular weight excluding hydrogens is 322 g/mol. The van der Waals surface area contributed by atoms with E-state index in [0.717, 1.165) is 10.0 Å². The molecule has 1 amide bonds. The van der Waals surface area contributed by atoms with E-state index in [0.29, 0.717) is 5.69 Å². The molecule has 0 fully saturated rings. The fraction of sp³-hybridized carbons (Fsp3) is 0.133. The molecule has 0 aliphatic rings. The number of carbonyl (C=O) groups is 1. The molecule has 0 saturated heterocycles. The second-order valence-electron chi connectivity index (χ2n) is 4.25. The lowest BCUT2D eigenvalue weighted by atomic mass is 10.1. The highest BCUT2D eigenvalue weighted by atomic mass is 79.9. The van der Waals surface area contributed by atoms with Crippen molar-refractivity contribution in [2.24, 2.45) is 0 Å². The number of aryl methyl sites for hydroxylation is 1. The highest BCUT2D eigenvalue weighted by molar-refractivity contribution is 9.10. The Morgan fingerprint density at radius 3 is 2.65 bits per heavy atom. The standard InChI is InChI=1S/C15H14BrNO3/c1-9-5-3-7-11(13(9)16)17-15(19)10-6-4-8-12(20-2)14(10)18/h3-8,18H,1-2H3,(H,17,19). The van der Waals surface area contributed by atoms with Crippen LogP contribution in [-0.4, -0.2) is 18.1 Å². The largest absolute Gasteiger partial charge is 0.504 e. The summed E-state index contributed by atoms with van der Waals surface area (Å²) in [5.41, 5.74) is 1.83. The number of para-hydroxylation sites is 1. The van der Waals surface area contributed by atoms with Crippen molar-refractivity contribution in [2.75, 3.05) is 12.4 Å². The summed E-state index contributed by atoms with van der Waals surface area (Å²) in [6.45, 7) is 1.93. The number of hydrogen-bond donors (Lipinski definition) is 2. The highest BCUT2D eigenvalue weighted by Crippen LogP contribution is 2.31. The van der Waals surface area contributed by atoms with Gasteiger partial charge in [-0.25, -0.2) is 0 Å². The van der Waals surface area contributed by atoms with Gasteiger partial charge in [-0.1, -0.05) is 18.2 Å². The van der Waals surface area contributed by atoms with E-state index in [9.17, 15) is 9.90 Å². The van der Waals surface area contributed by atoms with Gasteiger partial charge in [0.15, 0.2) is 11.5 Å². The van der Waals surface area contributed by atoms with Gasteiger partial charge in [0.05, 0.1) is 18.4 Å². The number of phenols is 1. The second kappa shape index (κ2) is 5.96. The van der Waals surface area contributed by atoms with Crippen LogP contribution in [0.5, 0.6) is 11.5 Å². The van der Waals surface area contributed by atoms with Crippen molar-refractivity contribution in [2.45, 2.75) is 6.92 Å². The van der Waals surface area contributed by atoms with E-state index in [-0.39, 0.29) is 17.1 Å². The Kier molecular flexibility index (Phi) is 4.29. The lowest BCUT2D eigenvalue weighted by Gasteiger charge is -2.11. The molecule has 0 aromatic heterocycles. The van der Waals surface area contributed by atoms with E-state index < -0.39 is 5.91 Å². The zero-order valence-electron chi connectivity index (χ0n) is 11.1. The molecule has 0 bridgehead atoms. The number of hydrogen-bond acceptors (Lipinski definition) is 3. The van der Waals surface area contributed by atoms with Crippen LogP contribution < -0.4 is 10.1 Å². The smallest absolute Gasteiger partial charge is 0.259 e. The molecule has 0 saturated carbocycles. The minimum atomic E-state index is -0.396. The van der Waals surface area contributed by atoms with Gasteiger partial charge in [-0.15, -0.1) is 0 Å². The Morgan fingerprint density at radius 1 is 1.25 bits per heavy atom. The third kappa shape index (κ3) is 2.77. The van der Waals surface area contributed by atoms with Crippen molar-refractivity contribution in [1.82, 2.24) is 0 Å². The van der Waals surface area contributed by atoms with Gasteiger partial charge in [0.2, 0.25) is 0 Å². The monoisotopic (exact) mass is 335 g/mol. The number of benzene rings is 2. The van der Waals surface area contributed by atoms with E-state index in [1.165, 1.54) is 13.2 Å². The van der Waals surface area contributed by atoms with E-state index in [2.05, 4.69) is 21.2 Å². The Labute approximate surface area is 125 Å². The molecule has 5 heteroatoms. The van der Waals surface area contributed by atoms with Gasteiger partial charge in [0.25, 0.3) is 5.91 Å². The van der Waals surface area contributed by atoms with E-state index in [1.807, 2.05) is 19.1 Å². The van der Waals surface area contributed by atoms with Gasteiger partial charge in [-0.05, 0) is 46.6 Å². The maximum atomic E-state index is 12.2. The van der Waals surface area contributed by atoms with Crippen LogP contribution in [0.15, 0.2) is 40.9 Å². The second-order valence-corrected chi connectivity index (χ2v) is 5.04. The summed E-state index contributed by atoms with van der Waals surface area (Å²) in [6.07, 6.45) is 0. The van der Waals surface area contributed by atoms with Crippen LogP contribution in [0.2, 0.25) is 0 Å². The van der Waals surface area contributed by atoms with Crippen molar-refractivity contribution in [3.63, 3.8) is 0 Å². The number of carbonyl (C=O) groups excluding carboxylic acids is 1. The summed E-state index contributed by atoms with van der Waals surface area (Å²) in [5.74, 6) is -0.301. The van der Waals surface area contributed by atoms with Gasteiger partial charge in [-0.2, -0.15) is 0 Å². The average Bonchev–Trinajstić information content (AvgIpc) is 2.44. The number of rotatable bonds is 3. The maximum Gasteiger partial charge on any atom is 0.259 e. The first-order valence-corrected chi connectivity index (χ1v) is 6.76. The van der Waals surface area contributed by atoms with Crippen LogP contribution in [0.25, 0.3) is 0 Å². The van der Waals surface area contributed by atoms with Crippen LogP contribution in [0.1, 0.15) is 15.9 Å². The van der Waals surface area contributed by atoms with E-state index in [4.69, 9.17) is 4.74 Å². The first-order valence-electron chi connectivity index (χ1n) is 5.97. The summed E-state index contributed by atoms with van der Waals surface area (Å²) in [5, 5.41) is 12.7. The van der Waals surface area contributed by atoms with Gasteiger partial charge >= 0.3 is 0 Å². The molecule has 104 valence electrons. The van der Waals surface area contributed by atoms with E-state index in [1.54, 1.807) is 18.2 Å². The molecule has 20 heavy (non-hydrogen) atoms. The molecule has 2 N–H and O–H groups in total. The van der Waals surface area contributed by atoms with Crippen LogP contribution in [0, 0.1) is 6.92 Å². The Morgan fingerprint density at radius 2 is 1.95 bits per heavy atom. The first-order chi connectivity index (χ1) is 9.54. The molecule has 4 nitrogen and oxygen atoms in total. The molecule has 0 radical (unpaired) electrons. The zero-order valence-corrected chi connectivity index (χ0v) is 12.7. The molecule has 0 spiro atoms. The molecule has 0 aliphatic carbocycles. The van der Waals surface area contributed by atoms with Crippen LogP contribution in [-0.2, 0) is 0 Å². The van der Waals surface area contributed by atoms with Crippen molar-refractivity contribution in [3.05, 3.63) is 52.0 Å². The number of aromatic hydroxyl groups is 1. The van der Waals surface area contributed by atoms with Gasteiger partial charge in [0.1, 0.15) is 0 Å². The number of methoxy groups -OCH3 is 1. The predicted molar refractivity (Wildman–Crippen MR) is 81.5 cm³/mol. The Hall–Kier alpha value is -2.01. The average molecular weight is 336 g/mol. The fourth-order valence-corrected chi connectivity index (χ4v) is 2.17. The molecule has 0 atom stereocenters. The zero-order chi connectivity index (χ0) is 14.7. The molecule has 0 aliphatic heterocycles. The molecular formula is C15H14BrNO3. The molecule has 2 rings (SSSR count). The normalized spacial score (nSPS) is 10.2. The summed E-state index contributed by atoms with van der Waals surface area (Å²) in [4.78, 5) is 12.2. The SMILES string of the molecule is COc1cccc(C(=O)Nc2cccc(C)c2Br)c1O. The number of halogens is 1. The minimum Gasteiger partial charge on any atom is -0.504 e. The highest BCUT2D eigenvalue weighted by Gasteiger charge is 2.16. The lowest BCUT2D eigenvalue weighted by Crippen LogP contribution is -2.13. The molecule has 0 unspecified atom stereocenters. The lowest BCUT2D eigenvalue weighted by molar-refractivity contribution is 0.102. The number of phenolic OH excluding ortho intramolecular Hbond substituents is 1. The van der Waals surface area contributed by atoms with Crippen LogP contribution >= 0.6 is 15.9 Å². The van der Waals surface area contributed by atoms with Crippen LogP contribution in [0.3, 0.4) is 0 Å². The predicted octanol–water partition coefficient (Wildman–Crippen LogP) is 3.72. The van der Waals surface area contributed by atoms with Crippen molar-refractivity contribution < 1.29 is 14.6 Å². The first kappa shape index (κ1) is 14.4. The summed E-state index contributed by atoms with van der Waals surface area (Å²) >= 11 is 3.43. The minimum absolute atomic E-state index is 0.165. The van der Waals surface area contributed by atoms with E-state index >= 15 is 0 Å². The summed E-state index contributed by atoms with van der Waals surface area (Å²) < 4.78 is 5.81. The van der Waals surface area contributed by atoms with Crippen molar-refractivity contribution in [1.29, 1.82) is 0 Å². The number of nitrogens with one attached hydrogen (secondary N) is 1. The third-order valence-corrected chi connectivity index (χ3v) is 3.96. The third-order valence-electron chi connectivity index (χ3n) is 2.90. The maximum absolute atomic E-state index is 12.2. The molecule has 0 heterocycles. The number of amides is 1. The van der Waals surface area contributed by atoms with Gasteiger partial charge in [0, 0.05) is 4.47 Å². The van der Waals surface area contributed by atoms with Crippen molar-refractivity contribution >= 4 is 27.5 Å². The van der Waals surface area contributed by atoms with Gasteiger partial charge in [-0.3, -0.25) is 4.79 Å². The summed E-state index contributed by atoms with van der Waals surface area (Å²) in [7, 11) is 1.44. The Balaban J connectivity index is 2.31. The van der Waals surface area contributed by atoms with Gasteiger partial charge < -0.3 is 15.2 Å². The van der Waals surface area contributed by atoms with Crippen molar-refractivity contribution in [3.8, 4) is 11.5 Å². The van der Waals surface area contributed by atoms with Crippen LogP contribution in [0.4, 0.5) is 5.69 Å².